The summed E-state index contributed by atoms with van der Waals surface area (Å²) in [5, 5.41) is 16.7. The number of carbonyl (C=O) groups is 2. The Labute approximate surface area is 220 Å². The largest absolute Gasteiger partial charge is 0.392 e. The molecule has 0 spiro atoms. The molecule has 0 heterocycles. The zero-order valence-electron chi connectivity index (χ0n) is 20.4. The van der Waals surface area contributed by atoms with Crippen molar-refractivity contribution in [3.8, 4) is 0 Å². The van der Waals surface area contributed by atoms with Gasteiger partial charge in [-0.1, -0.05) is 0 Å². The molecule has 5 aliphatic carbocycles. The molecule has 5 fully saturated rings. The monoisotopic (exact) mass is 556 g/mol. The molecular formula is C25H37Cl2F3N2O4. The maximum absolute atomic E-state index is 13.1. The summed E-state index contributed by atoms with van der Waals surface area (Å²) < 4.78 is 44.4. The molecule has 0 aromatic carbocycles. The minimum atomic E-state index is -4.15. The van der Waals surface area contributed by atoms with E-state index < -0.39 is 29.2 Å². The van der Waals surface area contributed by atoms with E-state index in [1.807, 2.05) is 0 Å². The fourth-order valence-electron chi connectivity index (χ4n) is 6.66. The van der Waals surface area contributed by atoms with Crippen molar-refractivity contribution >= 4 is 35.0 Å². The van der Waals surface area contributed by atoms with Crippen LogP contribution >= 0.6 is 23.2 Å². The van der Waals surface area contributed by atoms with Gasteiger partial charge in [0.15, 0.2) is 0 Å². The van der Waals surface area contributed by atoms with Gasteiger partial charge in [0, 0.05) is 12.1 Å². The summed E-state index contributed by atoms with van der Waals surface area (Å²) in [6.45, 7) is 0.257. The third-order valence-corrected chi connectivity index (χ3v) is 10.3. The zero-order chi connectivity index (χ0) is 26.1. The Kier molecular flexibility index (Phi) is 8.75. The molecule has 206 valence electrons. The SMILES string of the molecule is O=C(COC1CCC(Cl)C(Cl)C1)NC12CCC(C(=O)NCC3CCC(C(F)(F)F)CC3)(CC1)C(O)C2. The van der Waals surface area contributed by atoms with Gasteiger partial charge in [-0.15, -0.1) is 23.2 Å². The van der Waals surface area contributed by atoms with Crippen LogP contribution < -0.4 is 10.6 Å². The highest BCUT2D eigenvalue weighted by Gasteiger charge is 2.58. The Morgan fingerprint density at radius 3 is 2.22 bits per heavy atom. The van der Waals surface area contributed by atoms with Gasteiger partial charge < -0.3 is 20.5 Å². The molecule has 0 radical (unpaired) electrons. The van der Waals surface area contributed by atoms with E-state index in [9.17, 15) is 27.9 Å². The first-order valence-corrected chi connectivity index (χ1v) is 14.0. The van der Waals surface area contributed by atoms with Crippen LogP contribution in [0.25, 0.3) is 0 Å². The van der Waals surface area contributed by atoms with E-state index in [0.29, 0.717) is 57.9 Å². The summed E-state index contributed by atoms with van der Waals surface area (Å²) in [4.78, 5) is 25.8. The molecule has 3 N–H and O–H groups in total. The summed E-state index contributed by atoms with van der Waals surface area (Å²) in [5.74, 6) is -1.68. The molecule has 5 aliphatic rings. The van der Waals surface area contributed by atoms with Crippen LogP contribution in [0.3, 0.4) is 0 Å². The van der Waals surface area contributed by atoms with Gasteiger partial charge in [-0.25, -0.2) is 0 Å². The third-order valence-electron chi connectivity index (χ3n) is 9.13. The Morgan fingerprint density at radius 1 is 0.972 bits per heavy atom. The summed E-state index contributed by atoms with van der Waals surface area (Å²) in [6.07, 6.45) is 0.429. The van der Waals surface area contributed by atoms with Crippen molar-refractivity contribution in [1.82, 2.24) is 10.6 Å². The number of halogens is 5. The lowest BCUT2D eigenvalue weighted by molar-refractivity contribution is -0.184. The lowest BCUT2D eigenvalue weighted by Crippen LogP contribution is -2.65. The number of carbonyl (C=O) groups excluding carboxylic acids is 2. The minimum Gasteiger partial charge on any atom is -0.392 e. The quantitative estimate of drug-likeness (QED) is 0.404. The highest BCUT2D eigenvalue weighted by atomic mass is 35.5. The molecular weight excluding hydrogens is 520 g/mol. The highest BCUT2D eigenvalue weighted by Crippen LogP contribution is 2.52. The number of nitrogens with one attached hydrogen (secondary N) is 2. The Bertz CT molecular complexity index is 799. The Balaban J connectivity index is 1.22. The first-order valence-electron chi connectivity index (χ1n) is 13.2. The van der Waals surface area contributed by atoms with Gasteiger partial charge in [0.1, 0.15) is 6.61 Å². The molecule has 0 saturated heterocycles. The molecule has 6 nitrogen and oxygen atoms in total. The van der Waals surface area contributed by atoms with Crippen molar-refractivity contribution in [2.45, 2.75) is 112 Å². The van der Waals surface area contributed by atoms with Crippen molar-refractivity contribution < 1.29 is 32.6 Å². The molecule has 4 atom stereocenters. The van der Waals surface area contributed by atoms with E-state index in [1.54, 1.807) is 0 Å². The number of alkyl halides is 5. The molecule has 0 aliphatic heterocycles. The van der Waals surface area contributed by atoms with E-state index in [1.165, 1.54) is 0 Å². The van der Waals surface area contributed by atoms with Crippen molar-refractivity contribution in [2.75, 3.05) is 13.2 Å². The van der Waals surface area contributed by atoms with Gasteiger partial charge in [-0.3, -0.25) is 9.59 Å². The number of fused-ring (bicyclic) bond motifs is 3. The van der Waals surface area contributed by atoms with Crippen LogP contribution in [0, 0.1) is 17.3 Å². The fourth-order valence-corrected chi connectivity index (χ4v) is 7.21. The van der Waals surface area contributed by atoms with Crippen molar-refractivity contribution in [2.24, 2.45) is 17.3 Å². The fraction of sp³-hybridized carbons (Fsp3) is 0.920. The number of hydrogen-bond acceptors (Lipinski definition) is 4. The van der Waals surface area contributed by atoms with Crippen molar-refractivity contribution in [3.05, 3.63) is 0 Å². The van der Waals surface area contributed by atoms with E-state index in [-0.39, 0.29) is 54.0 Å². The lowest BCUT2D eigenvalue weighted by Gasteiger charge is -2.55. The van der Waals surface area contributed by atoms with Crippen molar-refractivity contribution in [1.29, 1.82) is 0 Å². The third kappa shape index (κ3) is 6.26. The first-order chi connectivity index (χ1) is 16.9. The smallest absolute Gasteiger partial charge is 0.391 e. The second kappa shape index (κ2) is 11.1. The van der Waals surface area contributed by atoms with Crippen LogP contribution in [0.4, 0.5) is 13.2 Å². The van der Waals surface area contributed by atoms with Crippen LogP contribution in [0.5, 0.6) is 0 Å². The van der Waals surface area contributed by atoms with Crippen LogP contribution in [-0.2, 0) is 14.3 Å². The molecule has 4 unspecified atom stereocenters. The lowest BCUT2D eigenvalue weighted by atomic mass is 9.55. The first kappa shape index (κ1) is 28.2. The second-order valence-electron chi connectivity index (χ2n) is 11.5. The molecule has 0 aromatic rings. The van der Waals surface area contributed by atoms with Gasteiger partial charge in [-0.2, -0.15) is 13.2 Å². The summed E-state index contributed by atoms with van der Waals surface area (Å²) >= 11 is 12.3. The summed E-state index contributed by atoms with van der Waals surface area (Å²) in [5.41, 5.74) is -1.46. The summed E-state index contributed by atoms with van der Waals surface area (Å²) in [7, 11) is 0. The average Bonchev–Trinajstić information content (AvgIpc) is 2.83. The zero-order valence-corrected chi connectivity index (χ0v) is 21.9. The van der Waals surface area contributed by atoms with Crippen LogP contribution in [0.2, 0.25) is 0 Å². The number of ether oxygens (including phenoxy) is 1. The number of amides is 2. The van der Waals surface area contributed by atoms with Crippen LogP contribution in [-0.4, -0.2) is 64.7 Å². The van der Waals surface area contributed by atoms with Gasteiger partial charge in [0.2, 0.25) is 11.8 Å². The van der Waals surface area contributed by atoms with Gasteiger partial charge in [-0.05, 0) is 83.0 Å². The summed E-state index contributed by atoms with van der Waals surface area (Å²) in [6, 6.07) is 0. The molecule has 5 saturated carbocycles. The Morgan fingerprint density at radius 2 is 1.64 bits per heavy atom. The molecule has 0 aromatic heterocycles. The van der Waals surface area contributed by atoms with Crippen LogP contribution in [0.1, 0.15) is 77.0 Å². The topological polar surface area (TPSA) is 87.7 Å². The molecule has 5 rings (SSSR count). The van der Waals surface area contributed by atoms with Crippen LogP contribution in [0.15, 0.2) is 0 Å². The van der Waals surface area contributed by atoms with E-state index in [4.69, 9.17) is 27.9 Å². The predicted octanol–water partition coefficient (Wildman–Crippen LogP) is 4.44. The number of aliphatic hydroxyl groups is 1. The maximum atomic E-state index is 13.1. The van der Waals surface area contributed by atoms with E-state index in [0.717, 1.165) is 12.8 Å². The van der Waals surface area contributed by atoms with Gasteiger partial charge in [0.05, 0.1) is 34.3 Å². The Hall–Kier alpha value is -0.770. The maximum Gasteiger partial charge on any atom is 0.391 e. The average molecular weight is 557 g/mol. The normalized spacial score (nSPS) is 41.1. The molecule has 36 heavy (non-hydrogen) atoms. The van der Waals surface area contributed by atoms with Crippen molar-refractivity contribution in [3.63, 3.8) is 0 Å². The molecule has 2 amide bonds. The second-order valence-corrected chi connectivity index (χ2v) is 12.6. The minimum absolute atomic E-state index is 0.0280. The van der Waals surface area contributed by atoms with Gasteiger partial charge >= 0.3 is 6.18 Å². The van der Waals surface area contributed by atoms with Gasteiger partial charge in [0.25, 0.3) is 0 Å². The standard InChI is InChI=1S/C25H37Cl2F3N2O4/c26-18-6-5-17(11-19(18)27)36-14-21(34)32-23-7-9-24(10-8-23,20(33)12-23)22(35)31-13-15-1-3-16(4-2-15)25(28,29)30/h15-20,33H,1-14H2,(H,31,35)(H,32,34). The number of aliphatic hydroxyl groups excluding tert-OH is 1. The molecule has 2 bridgehead atoms. The van der Waals surface area contributed by atoms with E-state index in [2.05, 4.69) is 10.6 Å². The molecule has 11 heteroatoms. The number of hydrogen-bond donors (Lipinski definition) is 3. The highest BCUT2D eigenvalue weighted by molar-refractivity contribution is 6.30. The predicted molar refractivity (Wildman–Crippen MR) is 130 cm³/mol. The number of rotatable bonds is 7. The van der Waals surface area contributed by atoms with E-state index >= 15 is 0 Å².